The summed E-state index contributed by atoms with van der Waals surface area (Å²) in [5.74, 6) is -3.09. The lowest BCUT2D eigenvalue weighted by Crippen LogP contribution is -2.23. The summed E-state index contributed by atoms with van der Waals surface area (Å²) in [7, 11) is 0. The Hall–Kier alpha value is -1.58. The van der Waals surface area contributed by atoms with Gasteiger partial charge < -0.3 is 10.2 Å². The molecule has 0 rings (SSSR count). The van der Waals surface area contributed by atoms with Gasteiger partial charge in [0.2, 0.25) is 0 Å². The number of carboxylic acids is 2. The molecule has 0 radical (unpaired) electrons. The predicted molar refractivity (Wildman–Crippen MR) is 107 cm³/mol. The largest absolute Gasteiger partial charge is 0.481 e. The van der Waals surface area contributed by atoms with Gasteiger partial charge in [0.1, 0.15) is 0 Å². The normalized spacial score (nSPS) is 12.5. The second kappa shape index (κ2) is 16.9. The van der Waals surface area contributed by atoms with Crippen LogP contribution in [0.2, 0.25) is 0 Å². The van der Waals surface area contributed by atoms with Crippen molar-refractivity contribution in [3.8, 4) is 0 Å². The van der Waals surface area contributed by atoms with Crippen LogP contribution < -0.4 is 0 Å². The minimum Gasteiger partial charge on any atom is -0.481 e. The first-order valence-corrected chi connectivity index (χ1v) is 10.3. The van der Waals surface area contributed by atoms with E-state index in [4.69, 9.17) is 10.2 Å². The molecule has 0 aliphatic heterocycles. The van der Waals surface area contributed by atoms with E-state index in [9.17, 15) is 9.59 Å². The molecule has 0 saturated heterocycles. The molecular formula is C22H38O4. The Balaban J connectivity index is 3.61. The third-order valence-electron chi connectivity index (χ3n) is 4.84. The van der Waals surface area contributed by atoms with Crippen LogP contribution in [0, 0.1) is 11.8 Å². The molecule has 0 aromatic rings. The number of hydrogen-bond donors (Lipinski definition) is 2. The zero-order valence-electron chi connectivity index (χ0n) is 16.5. The molecule has 4 heteroatoms. The number of aliphatic carboxylic acids is 2. The van der Waals surface area contributed by atoms with Crippen molar-refractivity contribution in [3.63, 3.8) is 0 Å². The Morgan fingerprint density at radius 1 is 0.808 bits per heavy atom. The van der Waals surface area contributed by atoms with Crippen molar-refractivity contribution in [1.82, 2.24) is 0 Å². The molecule has 0 spiro atoms. The van der Waals surface area contributed by atoms with Crippen molar-refractivity contribution >= 4 is 11.9 Å². The maximum absolute atomic E-state index is 10.8. The van der Waals surface area contributed by atoms with Crippen LogP contribution in [-0.4, -0.2) is 22.2 Å². The Morgan fingerprint density at radius 2 is 1.38 bits per heavy atom. The molecule has 0 aromatic carbocycles. The summed E-state index contributed by atoms with van der Waals surface area (Å²) in [4.78, 5) is 21.5. The van der Waals surface area contributed by atoms with Crippen molar-refractivity contribution in [2.24, 2.45) is 11.8 Å². The van der Waals surface area contributed by atoms with Crippen LogP contribution in [0.15, 0.2) is 24.8 Å². The summed E-state index contributed by atoms with van der Waals surface area (Å²) in [5.41, 5.74) is 0. The molecule has 0 aliphatic rings. The van der Waals surface area contributed by atoms with Crippen molar-refractivity contribution in [1.29, 1.82) is 0 Å². The smallest absolute Gasteiger partial charge is 0.317 e. The third kappa shape index (κ3) is 13.7. The molecule has 150 valence electrons. The SMILES string of the molecule is C=CC(CCC=CCCCCCCC(C(=O)O)C(=O)O)CCCCCC. The maximum atomic E-state index is 10.8. The molecule has 0 fully saturated rings. The van der Waals surface area contributed by atoms with Gasteiger partial charge in [0.15, 0.2) is 5.92 Å². The standard InChI is InChI=1S/C22H38O4/c1-3-5-6-13-16-19(4-2)17-14-11-9-7-8-10-12-15-18-20(21(23)24)22(25)26/h4,9,11,19-20H,2-3,5-8,10,12-18H2,1H3,(H,23,24)(H,25,26). The number of unbranched alkanes of at least 4 members (excludes halogenated alkanes) is 7. The Bertz CT molecular complexity index is 400. The molecule has 1 atom stereocenters. The van der Waals surface area contributed by atoms with Gasteiger partial charge in [-0.1, -0.05) is 70.1 Å². The average Bonchev–Trinajstić information content (AvgIpc) is 2.60. The van der Waals surface area contributed by atoms with Crippen LogP contribution in [0.4, 0.5) is 0 Å². The van der Waals surface area contributed by atoms with E-state index < -0.39 is 17.9 Å². The van der Waals surface area contributed by atoms with Crippen LogP contribution in [0.5, 0.6) is 0 Å². The molecule has 4 nitrogen and oxygen atoms in total. The minimum atomic E-state index is -1.25. The van der Waals surface area contributed by atoms with Gasteiger partial charge in [-0.15, -0.1) is 6.58 Å². The highest BCUT2D eigenvalue weighted by Gasteiger charge is 2.24. The highest BCUT2D eigenvalue weighted by molar-refractivity contribution is 5.92. The molecule has 1 unspecified atom stereocenters. The molecular weight excluding hydrogens is 328 g/mol. The van der Waals surface area contributed by atoms with Crippen molar-refractivity contribution in [3.05, 3.63) is 24.8 Å². The Morgan fingerprint density at radius 3 is 2.00 bits per heavy atom. The van der Waals surface area contributed by atoms with E-state index in [-0.39, 0.29) is 6.42 Å². The van der Waals surface area contributed by atoms with Crippen molar-refractivity contribution in [2.75, 3.05) is 0 Å². The second-order valence-electron chi connectivity index (χ2n) is 7.11. The first-order chi connectivity index (χ1) is 12.5. The van der Waals surface area contributed by atoms with Crippen LogP contribution in [-0.2, 0) is 9.59 Å². The summed E-state index contributed by atoms with van der Waals surface area (Å²) in [6.45, 7) is 6.19. The molecule has 0 saturated carbocycles. The predicted octanol–water partition coefficient (Wildman–Crippen LogP) is 6.22. The van der Waals surface area contributed by atoms with Gasteiger partial charge in [0.25, 0.3) is 0 Å². The summed E-state index contributed by atoms with van der Waals surface area (Å²) in [5, 5.41) is 17.6. The monoisotopic (exact) mass is 366 g/mol. The van der Waals surface area contributed by atoms with Crippen LogP contribution in [0.25, 0.3) is 0 Å². The molecule has 0 bridgehead atoms. The van der Waals surface area contributed by atoms with Crippen LogP contribution in [0.1, 0.15) is 90.4 Å². The number of hydrogen-bond acceptors (Lipinski definition) is 2. The summed E-state index contributed by atoms with van der Waals surface area (Å²) < 4.78 is 0. The molecule has 26 heavy (non-hydrogen) atoms. The van der Waals surface area contributed by atoms with Gasteiger partial charge in [-0.05, 0) is 44.4 Å². The quantitative estimate of drug-likeness (QED) is 0.171. The second-order valence-corrected chi connectivity index (χ2v) is 7.11. The van der Waals surface area contributed by atoms with E-state index >= 15 is 0 Å². The first-order valence-electron chi connectivity index (χ1n) is 10.3. The Kier molecular flexibility index (Phi) is 15.8. The lowest BCUT2D eigenvalue weighted by Gasteiger charge is -2.10. The highest BCUT2D eigenvalue weighted by Crippen LogP contribution is 2.18. The van der Waals surface area contributed by atoms with Crippen LogP contribution in [0.3, 0.4) is 0 Å². The topological polar surface area (TPSA) is 74.6 Å². The molecule has 0 aromatic heterocycles. The van der Waals surface area contributed by atoms with Gasteiger partial charge in [-0.25, -0.2) is 0 Å². The fraction of sp³-hybridized carbons (Fsp3) is 0.727. The summed E-state index contributed by atoms with van der Waals surface area (Å²) in [6, 6.07) is 0. The van der Waals surface area contributed by atoms with E-state index in [1.807, 2.05) is 0 Å². The van der Waals surface area contributed by atoms with E-state index in [2.05, 4.69) is 31.7 Å². The van der Waals surface area contributed by atoms with E-state index in [1.54, 1.807) is 0 Å². The van der Waals surface area contributed by atoms with Crippen LogP contribution >= 0.6 is 0 Å². The lowest BCUT2D eigenvalue weighted by atomic mass is 9.96. The minimum absolute atomic E-state index is 0.224. The molecule has 2 N–H and O–H groups in total. The van der Waals surface area contributed by atoms with Gasteiger partial charge in [-0.2, -0.15) is 0 Å². The highest BCUT2D eigenvalue weighted by atomic mass is 16.4. The number of carboxylic acid groups (broad SMARTS) is 2. The van der Waals surface area contributed by atoms with E-state index in [1.165, 1.54) is 38.5 Å². The average molecular weight is 367 g/mol. The van der Waals surface area contributed by atoms with Gasteiger partial charge in [-0.3, -0.25) is 9.59 Å². The van der Waals surface area contributed by atoms with Gasteiger partial charge >= 0.3 is 11.9 Å². The molecule has 0 amide bonds. The van der Waals surface area contributed by atoms with E-state index in [0.717, 1.165) is 32.1 Å². The summed E-state index contributed by atoms with van der Waals surface area (Å²) in [6.07, 6.45) is 20.3. The molecule has 0 aliphatic carbocycles. The molecule has 0 heterocycles. The zero-order chi connectivity index (χ0) is 19.6. The van der Waals surface area contributed by atoms with Gasteiger partial charge in [0, 0.05) is 0 Å². The number of rotatable bonds is 18. The Labute approximate surface area is 159 Å². The fourth-order valence-electron chi connectivity index (χ4n) is 3.08. The van der Waals surface area contributed by atoms with Gasteiger partial charge in [0.05, 0.1) is 0 Å². The fourth-order valence-corrected chi connectivity index (χ4v) is 3.08. The zero-order valence-corrected chi connectivity index (χ0v) is 16.5. The first kappa shape index (κ1) is 24.4. The summed E-state index contributed by atoms with van der Waals surface area (Å²) >= 11 is 0. The number of allylic oxidation sites excluding steroid dienone is 3. The third-order valence-corrected chi connectivity index (χ3v) is 4.84. The van der Waals surface area contributed by atoms with E-state index in [0.29, 0.717) is 12.3 Å². The van der Waals surface area contributed by atoms with Crippen molar-refractivity contribution in [2.45, 2.75) is 90.4 Å². The van der Waals surface area contributed by atoms with Crippen molar-refractivity contribution < 1.29 is 19.8 Å². The maximum Gasteiger partial charge on any atom is 0.317 e. The number of carbonyl (C=O) groups is 2. The lowest BCUT2D eigenvalue weighted by molar-refractivity contribution is -0.154.